The molecule has 4 rings (SSSR count). The molecular weight excluding hydrogens is 508 g/mol. The smallest absolute Gasteiger partial charge is 0.256 e. The van der Waals surface area contributed by atoms with Gasteiger partial charge in [-0.05, 0) is 62.4 Å². The molecule has 10 heteroatoms. The molecule has 208 valence electrons. The highest BCUT2D eigenvalue weighted by Crippen LogP contribution is 2.18. The van der Waals surface area contributed by atoms with Crippen LogP contribution in [0.2, 0.25) is 0 Å². The van der Waals surface area contributed by atoms with Gasteiger partial charge >= 0.3 is 0 Å². The summed E-state index contributed by atoms with van der Waals surface area (Å²) in [5.41, 5.74) is 7.51. The van der Waals surface area contributed by atoms with Crippen molar-refractivity contribution in [1.82, 2.24) is 0 Å². The van der Waals surface area contributed by atoms with Gasteiger partial charge in [-0.2, -0.15) is 10.2 Å². The molecule has 0 heterocycles. The SMILES string of the molecule is CCN(CCO)c1ccc(N/N=c2\c(=O)c(=O)/c(=N/Nc3ccc(N(CC)CCO)cc3)c3ccccc23)cc1. The molecule has 0 radical (unpaired) electrons. The summed E-state index contributed by atoms with van der Waals surface area (Å²) in [5, 5.41) is 28.2. The van der Waals surface area contributed by atoms with Crippen LogP contribution >= 0.6 is 0 Å². The number of rotatable bonds is 12. The van der Waals surface area contributed by atoms with Crippen molar-refractivity contribution in [3.8, 4) is 0 Å². The molecule has 0 saturated heterocycles. The van der Waals surface area contributed by atoms with Gasteiger partial charge in [0.2, 0.25) is 0 Å². The highest BCUT2D eigenvalue weighted by atomic mass is 16.3. The van der Waals surface area contributed by atoms with Crippen LogP contribution in [0.15, 0.2) is 92.6 Å². The van der Waals surface area contributed by atoms with E-state index in [4.69, 9.17) is 0 Å². The van der Waals surface area contributed by atoms with Crippen LogP contribution in [-0.2, 0) is 0 Å². The zero-order chi connectivity index (χ0) is 28.5. The van der Waals surface area contributed by atoms with Crippen LogP contribution in [0.4, 0.5) is 22.7 Å². The minimum Gasteiger partial charge on any atom is -0.395 e. The Balaban J connectivity index is 1.65. The van der Waals surface area contributed by atoms with E-state index in [0.29, 0.717) is 35.2 Å². The molecule has 0 aliphatic rings. The Morgan fingerprint density at radius 3 is 1.32 bits per heavy atom. The standard InChI is InChI=1S/C30H34N6O4/c1-3-35(17-19-37)23-13-9-21(10-14-23)31-33-27-25-7-5-6-8-26(25)28(30(40)29(27)39)34-32-22-11-15-24(16-12-22)36(4-2)18-20-38/h5-16,31-32,37-38H,3-4,17-20H2,1-2H3/b33-27-,34-28+. The molecule has 0 aliphatic heterocycles. The van der Waals surface area contributed by atoms with Gasteiger partial charge in [0.25, 0.3) is 10.9 Å². The number of aliphatic hydroxyl groups excluding tert-OH is 2. The Labute approximate surface area is 231 Å². The van der Waals surface area contributed by atoms with E-state index in [2.05, 4.69) is 21.1 Å². The second kappa shape index (κ2) is 13.5. The predicted octanol–water partition coefficient (Wildman–Crippen LogP) is 1.93. The molecule has 0 fully saturated rings. The number of nitrogens with one attached hydrogen (secondary N) is 2. The molecule has 4 N–H and O–H groups in total. The van der Waals surface area contributed by atoms with Gasteiger partial charge in [-0.15, -0.1) is 0 Å². The van der Waals surface area contributed by atoms with Gasteiger partial charge in [0.1, 0.15) is 10.7 Å². The number of likely N-dealkylation sites (N-methyl/N-ethyl adjacent to an activating group) is 2. The van der Waals surface area contributed by atoms with Gasteiger partial charge in [0, 0.05) is 48.3 Å². The van der Waals surface area contributed by atoms with Crippen LogP contribution in [-0.4, -0.2) is 49.6 Å². The first-order valence-electron chi connectivity index (χ1n) is 13.3. The monoisotopic (exact) mass is 542 g/mol. The van der Waals surface area contributed by atoms with Gasteiger partial charge in [-0.1, -0.05) is 24.3 Å². The summed E-state index contributed by atoms with van der Waals surface area (Å²) < 4.78 is 0. The van der Waals surface area contributed by atoms with Crippen molar-refractivity contribution < 1.29 is 10.2 Å². The first-order chi connectivity index (χ1) is 19.5. The fourth-order valence-electron chi connectivity index (χ4n) is 4.49. The number of anilines is 4. The number of hydrogen-bond acceptors (Lipinski definition) is 10. The lowest BCUT2D eigenvalue weighted by atomic mass is 10.1. The highest BCUT2D eigenvalue weighted by molar-refractivity contribution is 5.81. The average molecular weight is 543 g/mol. The molecule has 10 nitrogen and oxygen atoms in total. The molecule has 4 aromatic carbocycles. The first-order valence-corrected chi connectivity index (χ1v) is 13.3. The molecule has 0 aromatic heterocycles. The van der Waals surface area contributed by atoms with Crippen LogP contribution in [0.5, 0.6) is 0 Å². The highest BCUT2D eigenvalue weighted by Gasteiger charge is 2.10. The fourth-order valence-corrected chi connectivity index (χ4v) is 4.49. The molecule has 4 aromatic rings. The Bertz CT molecular complexity index is 1520. The number of fused-ring (bicyclic) bond motifs is 1. The predicted molar refractivity (Wildman–Crippen MR) is 160 cm³/mol. The Hall–Kier alpha value is -4.54. The van der Waals surface area contributed by atoms with Crippen LogP contribution in [0.1, 0.15) is 13.8 Å². The van der Waals surface area contributed by atoms with Gasteiger partial charge in [-0.25, -0.2) is 0 Å². The third kappa shape index (κ3) is 6.36. The summed E-state index contributed by atoms with van der Waals surface area (Å²) in [6.07, 6.45) is 0. The van der Waals surface area contributed by atoms with Crippen LogP contribution in [0.3, 0.4) is 0 Å². The van der Waals surface area contributed by atoms with E-state index < -0.39 is 10.9 Å². The average Bonchev–Trinajstić information content (AvgIpc) is 2.99. The van der Waals surface area contributed by atoms with Crippen molar-refractivity contribution in [2.45, 2.75) is 13.8 Å². The lowest BCUT2D eigenvalue weighted by molar-refractivity contribution is 0.302. The molecular formula is C30H34N6O4. The maximum atomic E-state index is 13.1. The number of hydrogen-bond donors (Lipinski definition) is 4. The molecule has 0 aliphatic carbocycles. The molecule has 0 bridgehead atoms. The normalized spacial score (nSPS) is 12.1. The maximum absolute atomic E-state index is 13.1. The topological polar surface area (TPSA) is 130 Å². The number of aliphatic hydroxyl groups is 2. The Kier molecular flexibility index (Phi) is 9.61. The summed E-state index contributed by atoms with van der Waals surface area (Å²) in [7, 11) is 0. The summed E-state index contributed by atoms with van der Waals surface area (Å²) in [4.78, 5) is 30.3. The van der Waals surface area contributed by atoms with Crippen LogP contribution < -0.4 is 42.2 Å². The zero-order valence-electron chi connectivity index (χ0n) is 22.7. The summed E-state index contributed by atoms with van der Waals surface area (Å²) in [6, 6.07) is 21.9. The number of benzene rings is 4. The van der Waals surface area contributed by atoms with E-state index >= 15 is 0 Å². The largest absolute Gasteiger partial charge is 0.395 e. The Morgan fingerprint density at radius 2 is 1.00 bits per heavy atom. The minimum absolute atomic E-state index is 0.0204. The lowest BCUT2D eigenvalue weighted by Crippen LogP contribution is -2.48. The van der Waals surface area contributed by atoms with Gasteiger partial charge in [0.05, 0.1) is 24.6 Å². The molecule has 0 amide bonds. The van der Waals surface area contributed by atoms with E-state index in [1.807, 2.05) is 72.2 Å². The van der Waals surface area contributed by atoms with Crippen LogP contribution in [0, 0.1) is 0 Å². The molecule has 0 atom stereocenters. The van der Waals surface area contributed by atoms with Crippen molar-refractivity contribution in [3.63, 3.8) is 0 Å². The van der Waals surface area contributed by atoms with Gasteiger partial charge in [0.15, 0.2) is 0 Å². The van der Waals surface area contributed by atoms with E-state index in [1.54, 1.807) is 24.3 Å². The molecule has 40 heavy (non-hydrogen) atoms. The van der Waals surface area contributed by atoms with Crippen LogP contribution in [0.25, 0.3) is 10.8 Å². The van der Waals surface area contributed by atoms with Crippen molar-refractivity contribution in [2.24, 2.45) is 10.2 Å². The zero-order valence-corrected chi connectivity index (χ0v) is 22.7. The van der Waals surface area contributed by atoms with E-state index in [-0.39, 0.29) is 23.9 Å². The summed E-state index contributed by atoms with van der Waals surface area (Å²) in [5.74, 6) is 0. The van der Waals surface area contributed by atoms with Crippen molar-refractivity contribution in [2.75, 3.05) is 60.0 Å². The van der Waals surface area contributed by atoms with Crippen molar-refractivity contribution >= 4 is 33.5 Å². The molecule has 0 unspecified atom stereocenters. The summed E-state index contributed by atoms with van der Waals surface area (Å²) >= 11 is 0. The maximum Gasteiger partial charge on any atom is 0.256 e. The van der Waals surface area contributed by atoms with E-state index in [9.17, 15) is 19.8 Å². The third-order valence-corrected chi connectivity index (χ3v) is 6.64. The minimum atomic E-state index is -0.749. The Morgan fingerprint density at radius 1 is 0.625 bits per heavy atom. The first kappa shape index (κ1) is 28.5. The third-order valence-electron chi connectivity index (χ3n) is 6.64. The quantitative estimate of drug-likeness (QED) is 0.158. The van der Waals surface area contributed by atoms with Gasteiger partial charge in [-0.3, -0.25) is 20.4 Å². The van der Waals surface area contributed by atoms with E-state index in [1.165, 1.54) is 0 Å². The fraction of sp³-hybridized carbons (Fsp3) is 0.267. The summed E-state index contributed by atoms with van der Waals surface area (Å²) in [6.45, 7) is 6.74. The lowest BCUT2D eigenvalue weighted by Gasteiger charge is -2.22. The molecule has 0 saturated carbocycles. The number of nitrogens with zero attached hydrogens (tertiary/aromatic N) is 4. The van der Waals surface area contributed by atoms with Crippen molar-refractivity contribution in [1.29, 1.82) is 0 Å². The second-order valence-corrected chi connectivity index (χ2v) is 9.05. The van der Waals surface area contributed by atoms with E-state index in [0.717, 1.165) is 24.5 Å². The van der Waals surface area contributed by atoms with Gasteiger partial charge < -0.3 is 20.0 Å². The van der Waals surface area contributed by atoms with Crippen molar-refractivity contribution in [3.05, 3.63) is 104 Å². The molecule has 0 spiro atoms. The second-order valence-electron chi connectivity index (χ2n) is 9.05.